The minimum absolute atomic E-state index is 0.585. The van der Waals surface area contributed by atoms with Gasteiger partial charge in [-0.05, 0) is 36.5 Å². The van der Waals surface area contributed by atoms with Crippen molar-refractivity contribution in [1.29, 1.82) is 0 Å². The van der Waals surface area contributed by atoms with E-state index in [0.717, 1.165) is 22.7 Å². The van der Waals surface area contributed by atoms with Crippen molar-refractivity contribution in [2.75, 3.05) is 0 Å². The molecule has 0 saturated heterocycles. The summed E-state index contributed by atoms with van der Waals surface area (Å²) in [6.07, 6.45) is 8.42. The van der Waals surface area contributed by atoms with Gasteiger partial charge in [0.2, 0.25) is 5.13 Å². The quantitative estimate of drug-likeness (QED) is 0.397. The van der Waals surface area contributed by atoms with Crippen molar-refractivity contribution < 1.29 is 0 Å². The van der Waals surface area contributed by atoms with Gasteiger partial charge in [0.15, 0.2) is 0 Å². The molecule has 0 bridgehead atoms. The molecule has 1 heterocycles. The first-order valence-electron chi connectivity index (χ1n) is 9.24. The fourth-order valence-corrected chi connectivity index (χ4v) is 4.74. The third-order valence-electron chi connectivity index (χ3n) is 5.08. The van der Waals surface area contributed by atoms with Crippen molar-refractivity contribution in [1.82, 2.24) is 4.98 Å². The van der Waals surface area contributed by atoms with Crippen LogP contribution < -0.4 is 0 Å². The van der Waals surface area contributed by atoms with Crippen LogP contribution in [0.2, 0.25) is 10.0 Å². The van der Waals surface area contributed by atoms with E-state index >= 15 is 0 Å². The number of halogens is 2. The molecule has 138 valence electrons. The maximum atomic E-state index is 6.18. The summed E-state index contributed by atoms with van der Waals surface area (Å²) in [5, 5.41) is 3.90. The Morgan fingerprint density at radius 2 is 1.67 bits per heavy atom. The van der Waals surface area contributed by atoms with Gasteiger partial charge in [-0.15, -0.1) is 11.3 Å². The standard InChI is InChI=1S/C22H20Cl2N2S/c23-19-7-4-8-20(24)18(19)13-25-22-26-21(14-27-22)17-11-9-16(10-12-17)15-5-2-1-3-6-15/h4,7-15H,1-3,5-6H2. The van der Waals surface area contributed by atoms with Crippen molar-refractivity contribution in [3.63, 3.8) is 0 Å². The lowest BCUT2D eigenvalue weighted by Crippen LogP contribution is -2.04. The summed E-state index contributed by atoms with van der Waals surface area (Å²) < 4.78 is 0. The van der Waals surface area contributed by atoms with Gasteiger partial charge < -0.3 is 0 Å². The monoisotopic (exact) mass is 414 g/mol. The Morgan fingerprint density at radius 3 is 2.37 bits per heavy atom. The lowest BCUT2D eigenvalue weighted by molar-refractivity contribution is 0.443. The summed E-state index contributed by atoms with van der Waals surface area (Å²) in [6.45, 7) is 0. The third kappa shape index (κ3) is 4.43. The molecular formula is C22H20Cl2N2S. The summed E-state index contributed by atoms with van der Waals surface area (Å²) in [5.74, 6) is 0.726. The van der Waals surface area contributed by atoms with E-state index in [1.165, 1.54) is 49.0 Å². The highest BCUT2D eigenvalue weighted by atomic mass is 35.5. The summed E-state index contributed by atoms with van der Waals surface area (Å²) >= 11 is 13.9. The van der Waals surface area contributed by atoms with Crippen LogP contribution in [0.5, 0.6) is 0 Å². The highest BCUT2D eigenvalue weighted by Crippen LogP contribution is 2.34. The Hall–Kier alpha value is -1.68. The van der Waals surface area contributed by atoms with Crippen LogP contribution in [0, 0.1) is 0 Å². The van der Waals surface area contributed by atoms with Gasteiger partial charge in [0, 0.05) is 22.7 Å². The summed E-state index contributed by atoms with van der Waals surface area (Å²) in [7, 11) is 0. The number of thiazole rings is 1. The van der Waals surface area contributed by atoms with Gasteiger partial charge >= 0.3 is 0 Å². The van der Waals surface area contributed by atoms with Crippen LogP contribution in [0.25, 0.3) is 11.3 Å². The first-order valence-corrected chi connectivity index (χ1v) is 10.9. The average Bonchev–Trinajstić information content (AvgIpc) is 3.17. The van der Waals surface area contributed by atoms with E-state index in [0.29, 0.717) is 15.2 Å². The molecule has 0 atom stereocenters. The van der Waals surface area contributed by atoms with Gasteiger partial charge in [-0.1, -0.05) is 72.8 Å². The third-order valence-corrected chi connectivity index (χ3v) is 6.49. The molecule has 27 heavy (non-hydrogen) atoms. The van der Waals surface area contributed by atoms with Crippen molar-refractivity contribution in [3.8, 4) is 11.3 Å². The number of aliphatic imine (C=N–C) groups is 1. The van der Waals surface area contributed by atoms with Crippen LogP contribution in [0.3, 0.4) is 0 Å². The second kappa shape index (κ2) is 8.55. The number of benzene rings is 2. The second-order valence-electron chi connectivity index (χ2n) is 6.87. The SMILES string of the molecule is Clc1cccc(Cl)c1C=Nc1nc(-c2ccc(C3CCCCC3)cc2)cs1. The van der Waals surface area contributed by atoms with Gasteiger partial charge in [-0.2, -0.15) is 0 Å². The predicted octanol–water partition coefficient (Wildman–Crippen LogP) is 7.92. The van der Waals surface area contributed by atoms with Gasteiger partial charge in [-0.25, -0.2) is 9.98 Å². The van der Waals surface area contributed by atoms with Crippen LogP contribution in [-0.4, -0.2) is 11.2 Å². The maximum Gasteiger partial charge on any atom is 0.209 e. The highest BCUT2D eigenvalue weighted by molar-refractivity contribution is 7.13. The normalized spacial score (nSPS) is 15.5. The molecule has 4 rings (SSSR count). The first kappa shape index (κ1) is 18.7. The Morgan fingerprint density at radius 1 is 0.963 bits per heavy atom. The number of aromatic nitrogens is 1. The topological polar surface area (TPSA) is 25.2 Å². The largest absolute Gasteiger partial charge is 0.227 e. The average molecular weight is 415 g/mol. The van der Waals surface area contributed by atoms with E-state index in [2.05, 4.69) is 34.2 Å². The van der Waals surface area contributed by atoms with Crippen molar-refractivity contribution >= 4 is 45.9 Å². The first-order chi connectivity index (χ1) is 13.2. The minimum atomic E-state index is 0.585. The zero-order valence-electron chi connectivity index (χ0n) is 14.9. The summed E-state index contributed by atoms with van der Waals surface area (Å²) in [6, 6.07) is 14.3. The smallest absolute Gasteiger partial charge is 0.209 e. The van der Waals surface area contributed by atoms with E-state index in [1.54, 1.807) is 18.3 Å². The van der Waals surface area contributed by atoms with Gasteiger partial charge in [0.1, 0.15) is 0 Å². The fourth-order valence-electron chi connectivity index (χ4n) is 3.57. The molecule has 1 aliphatic carbocycles. The minimum Gasteiger partial charge on any atom is -0.227 e. The highest BCUT2D eigenvalue weighted by Gasteiger charge is 2.15. The van der Waals surface area contributed by atoms with Crippen LogP contribution in [0.1, 0.15) is 49.1 Å². The lowest BCUT2D eigenvalue weighted by atomic mass is 9.84. The molecule has 0 spiro atoms. The van der Waals surface area contributed by atoms with Gasteiger partial charge in [0.25, 0.3) is 0 Å². The van der Waals surface area contributed by atoms with E-state index < -0.39 is 0 Å². The molecule has 0 unspecified atom stereocenters. The van der Waals surface area contributed by atoms with E-state index in [-0.39, 0.29) is 0 Å². The predicted molar refractivity (Wildman–Crippen MR) is 117 cm³/mol. The van der Waals surface area contributed by atoms with Crippen molar-refractivity contribution in [2.24, 2.45) is 4.99 Å². The molecule has 5 heteroatoms. The number of rotatable bonds is 4. The molecule has 2 aromatic carbocycles. The molecule has 1 aliphatic rings. The zero-order valence-corrected chi connectivity index (χ0v) is 17.2. The Labute approximate surface area is 173 Å². The molecule has 3 aromatic rings. The second-order valence-corrected chi connectivity index (χ2v) is 8.52. The molecule has 1 aromatic heterocycles. The van der Waals surface area contributed by atoms with Crippen molar-refractivity contribution in [2.45, 2.75) is 38.0 Å². The number of hydrogen-bond acceptors (Lipinski definition) is 3. The summed E-state index contributed by atoms with van der Waals surface area (Å²) in [5.41, 5.74) is 4.25. The molecule has 0 N–H and O–H groups in total. The molecular weight excluding hydrogens is 395 g/mol. The van der Waals surface area contributed by atoms with Crippen LogP contribution in [-0.2, 0) is 0 Å². The van der Waals surface area contributed by atoms with E-state index in [9.17, 15) is 0 Å². The molecule has 2 nitrogen and oxygen atoms in total. The number of nitrogens with zero attached hydrogens (tertiary/aromatic N) is 2. The molecule has 1 fully saturated rings. The molecule has 0 amide bonds. The van der Waals surface area contributed by atoms with Crippen LogP contribution in [0.4, 0.5) is 5.13 Å². The maximum absolute atomic E-state index is 6.18. The number of hydrogen-bond donors (Lipinski definition) is 0. The molecule has 1 saturated carbocycles. The Balaban J connectivity index is 1.50. The van der Waals surface area contributed by atoms with E-state index in [1.807, 2.05) is 11.4 Å². The summed E-state index contributed by atoms with van der Waals surface area (Å²) in [4.78, 5) is 9.08. The van der Waals surface area contributed by atoms with Crippen molar-refractivity contribution in [3.05, 3.63) is 69.0 Å². The zero-order chi connectivity index (χ0) is 18.6. The molecule has 0 radical (unpaired) electrons. The Bertz CT molecular complexity index is 921. The van der Waals surface area contributed by atoms with Gasteiger partial charge in [0.05, 0.1) is 15.7 Å². The fraction of sp³-hybridized carbons (Fsp3) is 0.273. The van der Waals surface area contributed by atoms with Crippen LogP contribution in [0.15, 0.2) is 52.8 Å². The Kier molecular flexibility index (Phi) is 5.92. The van der Waals surface area contributed by atoms with E-state index in [4.69, 9.17) is 23.2 Å². The lowest BCUT2D eigenvalue weighted by Gasteiger charge is -2.22. The molecule has 0 aliphatic heterocycles. The van der Waals surface area contributed by atoms with Crippen LogP contribution >= 0.6 is 34.5 Å². The van der Waals surface area contributed by atoms with Gasteiger partial charge in [-0.3, -0.25) is 0 Å².